The molecule has 2 bridgehead atoms. The molecule has 20 heavy (non-hydrogen) atoms. The van der Waals surface area contributed by atoms with Crippen LogP contribution in [0.2, 0.25) is 0 Å². The van der Waals surface area contributed by atoms with Gasteiger partial charge >= 0.3 is 0 Å². The highest BCUT2D eigenvalue weighted by Crippen LogP contribution is 2.54. The van der Waals surface area contributed by atoms with Crippen LogP contribution < -0.4 is 0 Å². The van der Waals surface area contributed by atoms with Gasteiger partial charge in [-0.3, -0.25) is 0 Å². The van der Waals surface area contributed by atoms with E-state index in [9.17, 15) is 0 Å². The SMILES string of the molecule is [2H]C([2H])([2H])c1ccc(C2=[N+](C)C=CC3C2C2([2H])CCC3([2H])C2)c(C)c1. The van der Waals surface area contributed by atoms with Gasteiger partial charge in [0.1, 0.15) is 7.05 Å². The first kappa shape index (κ1) is 8.17. The maximum atomic E-state index is 9.01. The molecule has 4 unspecified atom stereocenters. The summed E-state index contributed by atoms with van der Waals surface area (Å²) in [5.41, 5.74) is 3.36. The molecule has 1 aromatic rings. The van der Waals surface area contributed by atoms with Crippen molar-refractivity contribution in [2.45, 2.75) is 33.0 Å². The maximum absolute atomic E-state index is 9.01. The molecule has 0 N–H and O–H groups in total. The molecule has 2 fully saturated rings. The lowest BCUT2D eigenvalue weighted by Gasteiger charge is -2.30. The molecule has 0 aromatic heterocycles. The highest BCUT2D eigenvalue weighted by molar-refractivity contribution is 6.01. The number of benzene rings is 1. The predicted octanol–water partition coefficient (Wildman–Crippen LogP) is 3.92. The topological polar surface area (TPSA) is 3.01 Å². The van der Waals surface area contributed by atoms with Crippen LogP contribution >= 0.6 is 0 Å². The average Bonchev–Trinajstić information content (AvgIpc) is 2.94. The van der Waals surface area contributed by atoms with Crippen LogP contribution in [0.3, 0.4) is 0 Å². The lowest BCUT2D eigenvalue weighted by Crippen LogP contribution is -2.36. The molecule has 2 aliphatic carbocycles. The minimum atomic E-state index is -2.11. The third-order valence-corrected chi connectivity index (χ3v) is 5.19. The van der Waals surface area contributed by atoms with Crippen molar-refractivity contribution in [3.05, 3.63) is 47.2 Å². The molecule has 0 spiro atoms. The molecule has 0 radical (unpaired) electrons. The van der Waals surface area contributed by atoms with E-state index in [4.69, 9.17) is 6.85 Å². The quantitative estimate of drug-likeness (QED) is 0.681. The molecular formula is C19H24N+. The van der Waals surface area contributed by atoms with E-state index in [0.717, 1.165) is 29.7 Å². The minimum Gasteiger partial charge on any atom is -0.205 e. The second-order valence-corrected chi connectivity index (χ2v) is 6.36. The Kier molecular flexibility index (Phi) is 1.76. The predicted molar refractivity (Wildman–Crippen MR) is 83.2 cm³/mol. The fraction of sp³-hybridized carbons (Fsp3) is 0.526. The molecule has 1 aliphatic heterocycles. The first-order valence-corrected chi connectivity index (χ1v) is 7.45. The summed E-state index contributed by atoms with van der Waals surface area (Å²) >= 11 is 0. The van der Waals surface area contributed by atoms with Gasteiger partial charge in [-0.2, -0.15) is 0 Å². The summed E-state index contributed by atoms with van der Waals surface area (Å²) in [7, 11) is 1.99. The van der Waals surface area contributed by atoms with Crippen LogP contribution in [0.1, 0.15) is 42.8 Å². The number of aryl methyl sites for hydroxylation is 2. The van der Waals surface area contributed by atoms with Gasteiger partial charge in [-0.1, -0.05) is 17.7 Å². The summed E-state index contributed by atoms with van der Waals surface area (Å²) in [6, 6.07) is 5.33. The van der Waals surface area contributed by atoms with Gasteiger partial charge in [0.05, 0.1) is 5.92 Å². The molecular weight excluding hydrogens is 242 g/mol. The van der Waals surface area contributed by atoms with Crippen molar-refractivity contribution in [3.63, 3.8) is 0 Å². The van der Waals surface area contributed by atoms with Gasteiger partial charge in [0.2, 0.25) is 0 Å². The normalized spacial score (nSPS) is 46.4. The Morgan fingerprint density at radius 3 is 2.95 bits per heavy atom. The Labute approximate surface area is 129 Å². The smallest absolute Gasteiger partial charge is 0.192 e. The molecule has 1 aromatic carbocycles. The molecule has 0 amide bonds. The summed E-state index contributed by atoms with van der Waals surface area (Å²) in [4.78, 5) is 0. The van der Waals surface area contributed by atoms with Crippen LogP contribution in [0.25, 0.3) is 0 Å². The standard InChI is InChI=1S/C19H24N/c1-12-4-7-16(13(2)10-12)19-18-15-6-5-14(11-15)17(18)8-9-20(19)3/h4,7-10,14-15,17-18H,5-6,11H2,1-3H3/q+1/i1D3,14D,15D. The summed E-state index contributed by atoms with van der Waals surface area (Å²) in [6.45, 7) is -0.164. The van der Waals surface area contributed by atoms with E-state index in [-0.39, 0.29) is 11.8 Å². The number of rotatable bonds is 1. The van der Waals surface area contributed by atoms with Gasteiger partial charge in [-0.05, 0) is 68.4 Å². The number of nitrogens with zero attached hydrogens (tertiary/aromatic N) is 1. The Bertz CT molecular complexity index is 809. The lowest BCUT2D eigenvalue weighted by molar-refractivity contribution is -0.428. The summed E-state index contributed by atoms with van der Waals surface area (Å²) in [6.07, 6.45) is 6.34. The molecule has 4 rings (SSSR count). The number of allylic oxidation sites excluding steroid dienone is 1. The Morgan fingerprint density at radius 1 is 1.30 bits per heavy atom. The van der Waals surface area contributed by atoms with Gasteiger partial charge in [-0.15, -0.1) is 0 Å². The van der Waals surface area contributed by atoms with E-state index < -0.39 is 18.6 Å². The number of fused-ring (bicyclic) bond motifs is 5. The highest BCUT2D eigenvalue weighted by atomic mass is 15.0. The van der Waals surface area contributed by atoms with Crippen LogP contribution in [0.5, 0.6) is 0 Å². The monoisotopic (exact) mass is 271 g/mol. The molecule has 1 nitrogen and oxygen atoms in total. The third-order valence-electron chi connectivity index (χ3n) is 5.19. The lowest BCUT2D eigenvalue weighted by atomic mass is 9.73. The van der Waals surface area contributed by atoms with E-state index in [1.54, 1.807) is 12.1 Å². The largest absolute Gasteiger partial charge is 0.205 e. The van der Waals surface area contributed by atoms with E-state index in [2.05, 4.69) is 10.7 Å². The zero-order valence-electron chi connectivity index (χ0n) is 17.1. The van der Waals surface area contributed by atoms with Crippen molar-refractivity contribution >= 4 is 5.71 Å². The molecule has 0 saturated heterocycles. The third kappa shape index (κ3) is 1.65. The molecule has 2 saturated carbocycles. The first-order chi connectivity index (χ1) is 11.6. The van der Waals surface area contributed by atoms with Crippen molar-refractivity contribution in [1.82, 2.24) is 0 Å². The van der Waals surface area contributed by atoms with Gasteiger partial charge < -0.3 is 0 Å². The Morgan fingerprint density at radius 2 is 2.15 bits per heavy atom. The van der Waals surface area contributed by atoms with Crippen molar-refractivity contribution in [3.8, 4) is 0 Å². The molecule has 3 aliphatic rings. The van der Waals surface area contributed by atoms with E-state index in [1.165, 1.54) is 0 Å². The van der Waals surface area contributed by atoms with E-state index >= 15 is 0 Å². The zero-order valence-corrected chi connectivity index (χ0v) is 12.1. The van der Waals surface area contributed by atoms with Crippen molar-refractivity contribution in [1.29, 1.82) is 0 Å². The molecule has 1 heterocycles. The number of hydrogen-bond donors (Lipinski definition) is 0. The Hall–Kier alpha value is -1.37. The van der Waals surface area contributed by atoms with Crippen LogP contribution in [0.15, 0.2) is 30.5 Å². The van der Waals surface area contributed by atoms with Gasteiger partial charge in [0.25, 0.3) is 0 Å². The molecule has 4 atom stereocenters. The van der Waals surface area contributed by atoms with Gasteiger partial charge in [0.15, 0.2) is 11.9 Å². The van der Waals surface area contributed by atoms with Crippen molar-refractivity contribution in [2.75, 3.05) is 7.05 Å². The van der Waals surface area contributed by atoms with Gasteiger partial charge in [-0.25, -0.2) is 4.58 Å². The van der Waals surface area contributed by atoms with Crippen LogP contribution in [-0.4, -0.2) is 17.3 Å². The van der Waals surface area contributed by atoms with Gasteiger partial charge in [0, 0.05) is 12.4 Å². The van der Waals surface area contributed by atoms with E-state index in [1.807, 2.05) is 26.2 Å². The first-order valence-electron chi connectivity index (χ1n) is 9.95. The summed E-state index contributed by atoms with van der Waals surface area (Å²) in [5, 5.41) is 0. The van der Waals surface area contributed by atoms with E-state index in [0.29, 0.717) is 12.0 Å². The Balaban J connectivity index is 1.84. The highest BCUT2D eigenvalue weighted by Gasteiger charge is 2.52. The average molecular weight is 271 g/mol. The summed E-state index contributed by atoms with van der Waals surface area (Å²) < 4.78 is 42.8. The molecule has 1 heteroatoms. The minimum absolute atomic E-state index is 0.00561. The second-order valence-electron chi connectivity index (χ2n) is 6.36. The zero-order chi connectivity index (χ0) is 18.2. The second kappa shape index (κ2) is 4.31. The van der Waals surface area contributed by atoms with Crippen LogP contribution in [-0.2, 0) is 0 Å². The van der Waals surface area contributed by atoms with Crippen LogP contribution in [0.4, 0.5) is 0 Å². The fourth-order valence-electron chi connectivity index (χ4n) is 4.27. The fourth-order valence-corrected chi connectivity index (χ4v) is 4.27. The van der Waals surface area contributed by atoms with Crippen molar-refractivity contribution < 1.29 is 11.4 Å². The van der Waals surface area contributed by atoms with Crippen molar-refractivity contribution in [2.24, 2.45) is 23.6 Å². The number of hydrogen-bond acceptors (Lipinski definition) is 0. The van der Waals surface area contributed by atoms with Crippen LogP contribution in [0, 0.1) is 37.4 Å². The summed E-state index contributed by atoms with van der Waals surface area (Å²) in [5.74, 6) is -1.03. The molecule has 104 valence electrons. The maximum Gasteiger partial charge on any atom is 0.192 e.